The molecule has 3 fully saturated rings. The number of rotatable bonds is 2. The third-order valence-corrected chi connectivity index (χ3v) is 8.55. The van der Waals surface area contributed by atoms with E-state index in [-0.39, 0.29) is 54.9 Å². The highest BCUT2D eigenvalue weighted by Crippen LogP contribution is 2.68. The lowest BCUT2D eigenvalue weighted by atomic mass is 9.74. The summed E-state index contributed by atoms with van der Waals surface area (Å²) in [4.78, 5) is 19.2. The van der Waals surface area contributed by atoms with Crippen LogP contribution in [0.2, 0.25) is 0 Å². The predicted molar refractivity (Wildman–Crippen MR) is 113 cm³/mol. The van der Waals surface area contributed by atoms with Gasteiger partial charge in [-0.2, -0.15) is 13.2 Å². The van der Waals surface area contributed by atoms with Crippen LogP contribution in [0.4, 0.5) is 17.6 Å². The van der Waals surface area contributed by atoms with Gasteiger partial charge in [0.25, 0.3) is 0 Å². The van der Waals surface area contributed by atoms with Crippen LogP contribution in [0, 0.1) is 29.0 Å². The number of pyridine rings is 1. The number of hydrogen-bond donors (Lipinski definition) is 0. The van der Waals surface area contributed by atoms with Crippen LogP contribution in [0.25, 0.3) is 10.9 Å². The van der Waals surface area contributed by atoms with E-state index in [1.54, 1.807) is 23.2 Å². The van der Waals surface area contributed by atoms with Gasteiger partial charge in [-0.05, 0) is 85.6 Å². The minimum absolute atomic E-state index is 0.0110. The molecule has 3 nitrogen and oxygen atoms in total. The van der Waals surface area contributed by atoms with Gasteiger partial charge in [0, 0.05) is 30.6 Å². The normalized spacial score (nSPS) is 31.3. The molecule has 0 N–H and O–H groups in total. The van der Waals surface area contributed by atoms with E-state index >= 15 is 0 Å². The maximum absolute atomic E-state index is 13.8. The summed E-state index contributed by atoms with van der Waals surface area (Å²) in [6, 6.07) is 6.67. The number of likely N-dealkylation sites (tertiary alicyclic amines) is 1. The van der Waals surface area contributed by atoms with Crippen molar-refractivity contribution >= 4 is 16.8 Å². The standard InChI is InChI=1S/C25H28F4N2O/c1-15-22(23(32)31-12-7-17(8-13-31)25(27,28)29)24(15)9-4-16(5-10-24)19-6-11-30-21-3-2-18(26)14-20(19)21/h2-3,6,11,14-17,22H,4-5,7-10,12-13H2,1H3/t15?,16?,22-,24?/m1/s1. The van der Waals surface area contributed by atoms with Gasteiger partial charge in [0.05, 0.1) is 11.4 Å². The zero-order valence-corrected chi connectivity index (χ0v) is 18.2. The number of aromatic nitrogens is 1. The molecule has 2 saturated carbocycles. The molecular weight excluding hydrogens is 420 g/mol. The van der Waals surface area contributed by atoms with Gasteiger partial charge in [-0.3, -0.25) is 9.78 Å². The second-order valence-corrected chi connectivity index (χ2v) is 9.98. The van der Waals surface area contributed by atoms with E-state index in [1.165, 1.54) is 6.07 Å². The Bertz CT molecular complexity index is 1020. The number of carbonyl (C=O) groups is 1. The van der Waals surface area contributed by atoms with Crippen molar-refractivity contribution in [3.05, 3.63) is 41.8 Å². The highest BCUT2D eigenvalue weighted by molar-refractivity contribution is 5.84. The van der Waals surface area contributed by atoms with Gasteiger partial charge in [-0.15, -0.1) is 0 Å². The fourth-order valence-corrected chi connectivity index (χ4v) is 6.51. The van der Waals surface area contributed by atoms with E-state index in [0.29, 0.717) is 5.92 Å². The highest BCUT2D eigenvalue weighted by atomic mass is 19.4. The summed E-state index contributed by atoms with van der Waals surface area (Å²) < 4.78 is 52.7. The van der Waals surface area contributed by atoms with Gasteiger partial charge in [-0.25, -0.2) is 4.39 Å². The summed E-state index contributed by atoms with van der Waals surface area (Å²) in [5.74, 6) is -1.00. The van der Waals surface area contributed by atoms with Gasteiger partial charge in [0.1, 0.15) is 5.82 Å². The molecular formula is C25H28F4N2O. The van der Waals surface area contributed by atoms with Crippen molar-refractivity contribution in [3.8, 4) is 0 Å². The number of halogens is 4. The van der Waals surface area contributed by atoms with Gasteiger partial charge >= 0.3 is 6.18 Å². The Balaban J connectivity index is 1.25. The van der Waals surface area contributed by atoms with Gasteiger partial charge in [0.15, 0.2) is 0 Å². The fraction of sp³-hybridized carbons (Fsp3) is 0.600. The first-order valence-electron chi connectivity index (χ1n) is 11.6. The minimum Gasteiger partial charge on any atom is -0.342 e. The van der Waals surface area contributed by atoms with E-state index in [1.807, 2.05) is 6.07 Å². The number of fused-ring (bicyclic) bond motifs is 1. The van der Waals surface area contributed by atoms with E-state index in [9.17, 15) is 22.4 Å². The van der Waals surface area contributed by atoms with E-state index < -0.39 is 12.1 Å². The molecule has 1 unspecified atom stereocenters. The number of hydrogen-bond acceptors (Lipinski definition) is 2. The van der Waals surface area contributed by atoms with Crippen LogP contribution in [0.3, 0.4) is 0 Å². The summed E-state index contributed by atoms with van der Waals surface area (Å²) in [5.41, 5.74) is 1.89. The lowest BCUT2D eigenvalue weighted by Crippen LogP contribution is -2.43. The Labute approximate surface area is 185 Å². The number of benzene rings is 1. The smallest absolute Gasteiger partial charge is 0.342 e. The molecule has 1 spiro atoms. The summed E-state index contributed by atoms with van der Waals surface area (Å²) in [5, 5.41) is 0.859. The van der Waals surface area contributed by atoms with E-state index in [4.69, 9.17) is 0 Å². The topological polar surface area (TPSA) is 33.2 Å². The molecule has 2 atom stereocenters. The largest absolute Gasteiger partial charge is 0.391 e. The summed E-state index contributed by atoms with van der Waals surface area (Å²) >= 11 is 0. The minimum atomic E-state index is -4.17. The molecule has 1 aliphatic heterocycles. The molecule has 32 heavy (non-hydrogen) atoms. The second kappa shape index (κ2) is 7.70. The zero-order valence-electron chi connectivity index (χ0n) is 18.2. The number of amides is 1. The van der Waals surface area contributed by atoms with E-state index in [2.05, 4.69) is 11.9 Å². The number of alkyl halides is 3. The first kappa shape index (κ1) is 21.7. The van der Waals surface area contributed by atoms with Crippen LogP contribution >= 0.6 is 0 Å². The second-order valence-electron chi connectivity index (χ2n) is 9.98. The molecule has 2 heterocycles. The monoisotopic (exact) mass is 448 g/mol. The van der Waals surface area contributed by atoms with Gasteiger partial charge in [0.2, 0.25) is 5.91 Å². The predicted octanol–water partition coefficient (Wildman–Crippen LogP) is 6.08. The third-order valence-electron chi connectivity index (χ3n) is 8.55. The highest BCUT2D eigenvalue weighted by Gasteiger charge is 2.66. The maximum atomic E-state index is 13.8. The Hall–Kier alpha value is -2.18. The van der Waals surface area contributed by atoms with Crippen molar-refractivity contribution in [2.45, 2.75) is 57.5 Å². The van der Waals surface area contributed by atoms with Gasteiger partial charge in [-0.1, -0.05) is 6.92 Å². The van der Waals surface area contributed by atoms with Crippen molar-refractivity contribution in [1.82, 2.24) is 9.88 Å². The molecule has 7 heteroatoms. The summed E-state index contributed by atoms with van der Waals surface area (Å²) in [7, 11) is 0. The SMILES string of the molecule is CC1[C@H](C(=O)N2CCC(C(F)(F)F)CC2)C12CCC(c1ccnc3ccc(F)cc13)CC2. The Morgan fingerprint density at radius 2 is 1.78 bits per heavy atom. The summed E-state index contributed by atoms with van der Waals surface area (Å²) in [6.07, 6.45) is 1.34. The molecule has 1 amide bonds. The van der Waals surface area contributed by atoms with Crippen molar-refractivity contribution in [2.75, 3.05) is 13.1 Å². The lowest BCUT2D eigenvalue weighted by Gasteiger charge is -2.34. The molecule has 1 aromatic carbocycles. The molecule has 1 aromatic heterocycles. The molecule has 3 aliphatic rings. The Morgan fingerprint density at radius 3 is 2.44 bits per heavy atom. The molecule has 172 valence electrons. The number of carbonyl (C=O) groups excluding carboxylic acids is 1. The number of nitrogens with zero attached hydrogens (tertiary/aromatic N) is 2. The summed E-state index contributed by atoms with van der Waals surface area (Å²) in [6.45, 7) is 2.53. The van der Waals surface area contributed by atoms with Gasteiger partial charge < -0.3 is 4.90 Å². The van der Waals surface area contributed by atoms with Crippen LogP contribution in [-0.2, 0) is 4.79 Å². The molecule has 5 rings (SSSR count). The maximum Gasteiger partial charge on any atom is 0.391 e. The Morgan fingerprint density at radius 1 is 1.09 bits per heavy atom. The average molecular weight is 449 g/mol. The van der Waals surface area contributed by atoms with Crippen molar-refractivity contribution in [2.24, 2.45) is 23.2 Å². The molecule has 0 bridgehead atoms. The molecule has 2 aliphatic carbocycles. The van der Waals surface area contributed by atoms with E-state index in [0.717, 1.165) is 42.1 Å². The van der Waals surface area contributed by atoms with Crippen molar-refractivity contribution < 1.29 is 22.4 Å². The quantitative estimate of drug-likeness (QED) is 0.522. The molecule has 2 aromatic rings. The van der Waals surface area contributed by atoms with Crippen molar-refractivity contribution in [1.29, 1.82) is 0 Å². The third kappa shape index (κ3) is 3.57. The van der Waals surface area contributed by atoms with Crippen LogP contribution in [0.15, 0.2) is 30.5 Å². The molecule has 0 radical (unpaired) electrons. The van der Waals surface area contributed by atoms with Crippen LogP contribution in [-0.4, -0.2) is 35.1 Å². The fourth-order valence-electron chi connectivity index (χ4n) is 6.51. The number of piperidine rings is 1. The average Bonchev–Trinajstić information content (AvgIpc) is 3.34. The first-order valence-corrected chi connectivity index (χ1v) is 11.6. The molecule has 1 saturated heterocycles. The van der Waals surface area contributed by atoms with Crippen LogP contribution in [0.5, 0.6) is 0 Å². The lowest BCUT2D eigenvalue weighted by molar-refractivity contribution is -0.186. The Kier molecular flexibility index (Phi) is 5.21. The van der Waals surface area contributed by atoms with Crippen LogP contribution < -0.4 is 0 Å². The first-order chi connectivity index (χ1) is 15.2. The van der Waals surface area contributed by atoms with Crippen LogP contribution in [0.1, 0.15) is 56.9 Å². The van der Waals surface area contributed by atoms with Crippen molar-refractivity contribution in [3.63, 3.8) is 0 Å². The zero-order chi connectivity index (χ0) is 22.7.